The largest absolute Gasteiger partial charge is 0.493 e. The summed E-state index contributed by atoms with van der Waals surface area (Å²) in [5.74, 6) is 1.52. The van der Waals surface area contributed by atoms with Gasteiger partial charge < -0.3 is 33.9 Å². The molecule has 2 aliphatic heterocycles. The number of hydrogen-bond acceptors (Lipinski definition) is 8. The van der Waals surface area contributed by atoms with Gasteiger partial charge in [0.25, 0.3) is 0 Å². The van der Waals surface area contributed by atoms with Gasteiger partial charge in [-0.25, -0.2) is 0 Å². The van der Waals surface area contributed by atoms with E-state index >= 15 is 0 Å². The molecule has 36 heavy (non-hydrogen) atoms. The third kappa shape index (κ3) is 4.92. The molecule has 0 unspecified atom stereocenters. The fourth-order valence-corrected chi connectivity index (χ4v) is 4.26. The van der Waals surface area contributed by atoms with E-state index in [0.29, 0.717) is 41.8 Å². The van der Waals surface area contributed by atoms with Crippen molar-refractivity contribution in [2.45, 2.75) is 44.5 Å². The first-order chi connectivity index (χ1) is 17.1. The first kappa shape index (κ1) is 25.6. The molecular formula is C28H32O8. The van der Waals surface area contributed by atoms with Crippen LogP contribution >= 0.6 is 0 Å². The summed E-state index contributed by atoms with van der Waals surface area (Å²) in [5, 5.41) is 21.4. The lowest BCUT2D eigenvalue weighted by Crippen LogP contribution is -2.57. The van der Waals surface area contributed by atoms with Crippen molar-refractivity contribution in [1.82, 2.24) is 0 Å². The fourth-order valence-electron chi connectivity index (χ4n) is 4.26. The lowest BCUT2D eigenvalue weighted by atomic mass is 9.77. The van der Waals surface area contributed by atoms with E-state index in [1.807, 2.05) is 19.1 Å². The van der Waals surface area contributed by atoms with E-state index in [0.717, 1.165) is 5.57 Å². The molecule has 0 bridgehead atoms. The van der Waals surface area contributed by atoms with Crippen molar-refractivity contribution in [1.29, 1.82) is 0 Å². The Bertz CT molecular complexity index is 1210. The number of carbonyl (C=O) groups is 1. The second-order valence-corrected chi connectivity index (χ2v) is 9.50. The summed E-state index contributed by atoms with van der Waals surface area (Å²) in [5.41, 5.74) is -1.15. The van der Waals surface area contributed by atoms with E-state index in [-0.39, 0.29) is 17.7 Å². The molecular weight excluding hydrogens is 464 g/mol. The predicted octanol–water partition coefficient (Wildman–Crippen LogP) is 3.97. The maximum Gasteiger partial charge on any atom is 0.206 e. The van der Waals surface area contributed by atoms with Crippen LogP contribution in [0, 0.1) is 0 Å². The van der Waals surface area contributed by atoms with Gasteiger partial charge >= 0.3 is 0 Å². The van der Waals surface area contributed by atoms with Crippen molar-refractivity contribution >= 4 is 5.78 Å². The number of methoxy groups -OCH3 is 2. The van der Waals surface area contributed by atoms with Crippen molar-refractivity contribution in [3.05, 3.63) is 65.3 Å². The van der Waals surface area contributed by atoms with Crippen LogP contribution in [0.25, 0.3) is 0 Å². The van der Waals surface area contributed by atoms with Gasteiger partial charge in [0.2, 0.25) is 5.78 Å². The second kappa shape index (κ2) is 9.87. The van der Waals surface area contributed by atoms with Crippen LogP contribution in [0.2, 0.25) is 0 Å². The van der Waals surface area contributed by atoms with Gasteiger partial charge in [-0.2, -0.15) is 0 Å². The molecule has 8 heteroatoms. The van der Waals surface area contributed by atoms with Crippen molar-refractivity contribution in [2.75, 3.05) is 27.4 Å². The Morgan fingerprint density at radius 3 is 2.58 bits per heavy atom. The Labute approximate surface area is 210 Å². The molecule has 2 aromatic rings. The number of rotatable bonds is 8. The van der Waals surface area contributed by atoms with E-state index in [1.54, 1.807) is 50.3 Å². The van der Waals surface area contributed by atoms with Crippen LogP contribution in [0.5, 0.6) is 28.7 Å². The van der Waals surface area contributed by atoms with Crippen LogP contribution in [0.3, 0.4) is 0 Å². The van der Waals surface area contributed by atoms with Crippen LogP contribution in [0.15, 0.2) is 54.1 Å². The van der Waals surface area contributed by atoms with E-state index < -0.39 is 23.1 Å². The minimum atomic E-state index is -1.93. The Morgan fingerprint density at radius 1 is 1.17 bits per heavy atom. The number of aliphatic hydroxyl groups is 2. The van der Waals surface area contributed by atoms with Gasteiger partial charge in [-0.05, 0) is 51.5 Å². The van der Waals surface area contributed by atoms with Crippen LogP contribution in [0.1, 0.15) is 43.1 Å². The summed E-state index contributed by atoms with van der Waals surface area (Å²) < 4.78 is 28.4. The number of fused-ring (bicyclic) bond motifs is 4. The molecule has 8 nitrogen and oxygen atoms in total. The first-order valence-electron chi connectivity index (χ1n) is 11.7. The van der Waals surface area contributed by atoms with Gasteiger partial charge in [0.15, 0.2) is 23.2 Å². The predicted molar refractivity (Wildman–Crippen MR) is 133 cm³/mol. The van der Waals surface area contributed by atoms with Crippen LogP contribution in [-0.4, -0.2) is 55.1 Å². The Balaban J connectivity index is 1.53. The third-order valence-corrected chi connectivity index (χ3v) is 6.21. The van der Waals surface area contributed by atoms with E-state index in [2.05, 4.69) is 0 Å². The zero-order valence-corrected chi connectivity index (χ0v) is 21.2. The van der Waals surface area contributed by atoms with Crippen molar-refractivity contribution in [3.8, 4) is 28.7 Å². The fraction of sp³-hybridized carbons (Fsp3) is 0.393. The summed E-state index contributed by atoms with van der Waals surface area (Å²) in [6.07, 6.45) is 5.38. The molecule has 0 aliphatic carbocycles. The molecule has 4 rings (SSSR count). The summed E-state index contributed by atoms with van der Waals surface area (Å²) in [7, 11) is 2.98. The minimum Gasteiger partial charge on any atom is -0.493 e. The van der Waals surface area contributed by atoms with Crippen LogP contribution < -0.4 is 23.7 Å². The smallest absolute Gasteiger partial charge is 0.206 e. The number of allylic oxidation sites excluding steroid dienone is 2. The van der Waals surface area contributed by atoms with E-state index in [4.69, 9.17) is 23.7 Å². The summed E-state index contributed by atoms with van der Waals surface area (Å²) >= 11 is 0. The highest BCUT2D eigenvalue weighted by atomic mass is 16.6. The van der Waals surface area contributed by atoms with Crippen LogP contribution in [0.4, 0.5) is 0 Å². The maximum atomic E-state index is 13.5. The van der Waals surface area contributed by atoms with Crippen LogP contribution in [-0.2, 0) is 5.60 Å². The molecule has 0 amide bonds. The van der Waals surface area contributed by atoms with Gasteiger partial charge in [-0.1, -0.05) is 17.7 Å². The Morgan fingerprint density at radius 2 is 1.89 bits per heavy atom. The highest BCUT2D eigenvalue weighted by Gasteiger charge is 2.56. The molecule has 2 N–H and O–H groups in total. The highest BCUT2D eigenvalue weighted by Crippen LogP contribution is 2.49. The summed E-state index contributed by atoms with van der Waals surface area (Å²) in [6, 6.07) is 8.07. The molecule has 192 valence electrons. The first-order valence-corrected chi connectivity index (χ1v) is 11.7. The normalized spacial score (nSPS) is 21.1. The number of benzene rings is 2. The van der Waals surface area contributed by atoms with Gasteiger partial charge in [0.1, 0.15) is 30.5 Å². The number of ether oxygens (including phenoxy) is 5. The topological polar surface area (TPSA) is 104 Å². The lowest BCUT2D eigenvalue weighted by Gasteiger charge is -2.43. The molecule has 2 aliphatic rings. The molecule has 0 saturated heterocycles. The summed E-state index contributed by atoms with van der Waals surface area (Å²) in [4.78, 5) is 13.5. The average molecular weight is 497 g/mol. The Kier molecular flexibility index (Phi) is 7.02. The monoisotopic (exact) mass is 496 g/mol. The standard InChI is InChI=1S/C28H32O8/c1-17(7-6-11-27(2,3)30)10-12-34-18-8-9-19-21(13-18)36-25-16-35-22-15-24(33-5)23(32-4)14-20(22)28(25,31)26(19)29/h6,8-11,13-15,25,30-31H,7,12,16H2,1-5H3/b11-6+,17-10+/t25-,28+/m0/s1. The number of ketones is 1. The molecule has 0 fully saturated rings. The highest BCUT2D eigenvalue weighted by molar-refractivity contribution is 6.07. The zero-order valence-electron chi connectivity index (χ0n) is 21.2. The minimum absolute atomic E-state index is 0.0185. The van der Waals surface area contributed by atoms with Crippen molar-refractivity contribution in [3.63, 3.8) is 0 Å². The van der Waals surface area contributed by atoms with Gasteiger partial charge in [-0.15, -0.1) is 0 Å². The summed E-state index contributed by atoms with van der Waals surface area (Å²) in [6.45, 7) is 5.75. The molecule has 0 radical (unpaired) electrons. The van der Waals surface area contributed by atoms with Gasteiger partial charge in [-0.3, -0.25) is 4.79 Å². The number of carbonyl (C=O) groups excluding carboxylic acids is 1. The molecule has 0 aromatic heterocycles. The maximum absolute atomic E-state index is 13.5. The SMILES string of the molecule is COc1cc2c(cc1OC)[C@]1(O)C(=O)c3ccc(OC/C=C(\C)C/C=C/C(C)(C)O)cc3O[C@H]1CO2. The van der Waals surface area contributed by atoms with Gasteiger partial charge in [0.05, 0.1) is 25.4 Å². The quantitative estimate of drug-likeness (QED) is 0.529. The lowest BCUT2D eigenvalue weighted by molar-refractivity contribution is -0.0800. The molecule has 2 heterocycles. The van der Waals surface area contributed by atoms with E-state index in [1.165, 1.54) is 14.2 Å². The number of Topliss-reactive ketones (excluding diaryl/α,β-unsaturated/α-hetero) is 1. The molecule has 0 spiro atoms. The molecule has 2 atom stereocenters. The molecule has 2 aromatic carbocycles. The second-order valence-electron chi connectivity index (χ2n) is 9.50. The third-order valence-electron chi connectivity index (χ3n) is 6.21. The Hall–Kier alpha value is -3.49. The van der Waals surface area contributed by atoms with Crippen molar-refractivity contribution < 1.29 is 38.7 Å². The van der Waals surface area contributed by atoms with Crippen molar-refractivity contribution in [2.24, 2.45) is 0 Å². The van der Waals surface area contributed by atoms with E-state index in [9.17, 15) is 15.0 Å². The number of hydrogen-bond donors (Lipinski definition) is 2. The zero-order chi connectivity index (χ0) is 26.1. The van der Waals surface area contributed by atoms with Gasteiger partial charge in [0, 0.05) is 17.7 Å². The molecule has 0 saturated carbocycles. The average Bonchev–Trinajstić information content (AvgIpc) is 2.83.